The van der Waals surface area contributed by atoms with E-state index < -0.39 is 11.5 Å². The highest BCUT2D eigenvalue weighted by atomic mass is 16.6. The summed E-state index contributed by atoms with van der Waals surface area (Å²) in [6.45, 7) is 6.39. The fourth-order valence-corrected chi connectivity index (χ4v) is 3.78. The molecule has 1 heterocycles. The van der Waals surface area contributed by atoms with Crippen LogP contribution in [0, 0.1) is 23.2 Å². The van der Waals surface area contributed by atoms with E-state index in [1.54, 1.807) is 0 Å². The summed E-state index contributed by atoms with van der Waals surface area (Å²) < 4.78 is 5.09. The van der Waals surface area contributed by atoms with Crippen LogP contribution >= 0.6 is 0 Å². The first-order chi connectivity index (χ1) is 8.93. The number of nitrogens with zero attached hydrogens (tertiary/aromatic N) is 1. The molecule has 104 valence electrons. The first kappa shape index (κ1) is 12.7. The summed E-state index contributed by atoms with van der Waals surface area (Å²) in [7, 11) is 0. The Kier molecular flexibility index (Phi) is 2.73. The van der Waals surface area contributed by atoms with E-state index in [-0.39, 0.29) is 23.8 Å². The molecule has 1 saturated carbocycles. The zero-order chi connectivity index (χ0) is 13.8. The highest BCUT2D eigenvalue weighted by Crippen LogP contribution is 2.53. The quantitative estimate of drug-likeness (QED) is 0.719. The molecule has 0 aromatic heterocycles. The molecule has 2 aliphatic carbocycles. The second kappa shape index (κ2) is 4.09. The predicted octanol–water partition coefficient (Wildman–Crippen LogP) is 2.59. The third kappa shape index (κ3) is 1.72. The van der Waals surface area contributed by atoms with E-state index >= 15 is 0 Å². The van der Waals surface area contributed by atoms with Gasteiger partial charge in [0, 0.05) is 0 Å². The maximum Gasteiger partial charge on any atom is 0.417 e. The Hall–Kier alpha value is -1.32. The molecule has 2 fully saturated rings. The highest BCUT2D eigenvalue weighted by Gasteiger charge is 2.55. The number of allylic oxidation sites excluding steroid dienone is 2. The standard InChI is InChI=1S/C15H21NO3/c1-9(2)12-8-19-14(18)16(12)13(17)15(3)7-10-4-5-11(15)6-10/h4-5,9-12H,6-8H2,1-3H3/t10-,11+,12-,15-/m1/s1. The smallest absolute Gasteiger partial charge is 0.417 e. The van der Waals surface area contributed by atoms with Crippen molar-refractivity contribution in [2.45, 2.75) is 39.7 Å². The molecule has 0 spiro atoms. The average molecular weight is 263 g/mol. The number of carbonyl (C=O) groups excluding carboxylic acids is 2. The van der Waals surface area contributed by atoms with Gasteiger partial charge in [0.2, 0.25) is 5.91 Å². The number of cyclic esters (lactones) is 1. The summed E-state index contributed by atoms with van der Waals surface area (Å²) in [5, 5.41) is 0. The molecule has 0 unspecified atom stereocenters. The lowest BCUT2D eigenvalue weighted by atomic mass is 9.76. The molecule has 2 amide bonds. The number of fused-ring (bicyclic) bond motifs is 2. The van der Waals surface area contributed by atoms with Crippen molar-refractivity contribution in [3.63, 3.8) is 0 Å². The summed E-state index contributed by atoms with van der Waals surface area (Å²) >= 11 is 0. The molecular formula is C15H21NO3. The second-order valence-electron chi connectivity index (χ2n) is 6.67. The molecule has 19 heavy (non-hydrogen) atoms. The Morgan fingerprint density at radius 2 is 2.21 bits per heavy atom. The molecule has 3 rings (SSSR count). The third-order valence-corrected chi connectivity index (χ3v) is 5.06. The van der Waals surface area contributed by atoms with Gasteiger partial charge in [-0.2, -0.15) is 0 Å². The lowest BCUT2D eigenvalue weighted by molar-refractivity contribution is -0.141. The van der Waals surface area contributed by atoms with Crippen LogP contribution in [-0.4, -0.2) is 29.5 Å². The number of imide groups is 1. The van der Waals surface area contributed by atoms with Gasteiger partial charge in [-0.3, -0.25) is 4.79 Å². The van der Waals surface area contributed by atoms with Crippen molar-refractivity contribution in [1.29, 1.82) is 0 Å². The van der Waals surface area contributed by atoms with Gasteiger partial charge in [-0.1, -0.05) is 32.9 Å². The summed E-state index contributed by atoms with van der Waals surface area (Å²) in [5.74, 6) is 0.986. The van der Waals surface area contributed by atoms with Gasteiger partial charge in [0.15, 0.2) is 0 Å². The van der Waals surface area contributed by atoms with Crippen molar-refractivity contribution in [2.24, 2.45) is 23.2 Å². The van der Waals surface area contributed by atoms with Crippen LogP contribution in [0.15, 0.2) is 12.2 Å². The predicted molar refractivity (Wildman–Crippen MR) is 70.3 cm³/mol. The molecule has 0 N–H and O–H groups in total. The molecule has 3 aliphatic rings. The van der Waals surface area contributed by atoms with Crippen molar-refractivity contribution >= 4 is 12.0 Å². The minimum absolute atomic E-state index is 0.0365. The van der Waals surface area contributed by atoms with Crippen LogP contribution in [0.5, 0.6) is 0 Å². The molecule has 4 heteroatoms. The normalized spacial score (nSPS) is 40.3. The van der Waals surface area contributed by atoms with Gasteiger partial charge in [-0.05, 0) is 30.6 Å². The van der Waals surface area contributed by atoms with Gasteiger partial charge in [0.05, 0.1) is 11.5 Å². The van der Waals surface area contributed by atoms with Crippen molar-refractivity contribution in [3.8, 4) is 0 Å². The summed E-state index contributed by atoms with van der Waals surface area (Å²) in [5.41, 5.74) is -0.421. The van der Waals surface area contributed by atoms with Crippen molar-refractivity contribution in [3.05, 3.63) is 12.2 Å². The Morgan fingerprint density at radius 3 is 2.74 bits per heavy atom. The maximum atomic E-state index is 12.9. The largest absolute Gasteiger partial charge is 0.447 e. The molecule has 1 aliphatic heterocycles. The Bertz CT molecular complexity index is 456. The lowest BCUT2D eigenvalue weighted by Gasteiger charge is -2.35. The van der Waals surface area contributed by atoms with Crippen molar-refractivity contribution < 1.29 is 14.3 Å². The van der Waals surface area contributed by atoms with Gasteiger partial charge in [-0.25, -0.2) is 9.69 Å². The number of carbonyl (C=O) groups is 2. The van der Waals surface area contributed by atoms with E-state index in [0.717, 1.165) is 12.8 Å². The Labute approximate surface area is 113 Å². The summed E-state index contributed by atoms with van der Waals surface area (Å²) in [6.07, 6.45) is 5.82. The van der Waals surface area contributed by atoms with Crippen molar-refractivity contribution in [2.75, 3.05) is 6.61 Å². The summed E-state index contributed by atoms with van der Waals surface area (Å²) in [4.78, 5) is 26.2. The monoisotopic (exact) mass is 263 g/mol. The molecule has 0 radical (unpaired) electrons. The van der Waals surface area contributed by atoms with Crippen LogP contribution < -0.4 is 0 Å². The van der Waals surface area contributed by atoms with E-state index in [2.05, 4.69) is 12.2 Å². The third-order valence-electron chi connectivity index (χ3n) is 5.06. The minimum Gasteiger partial charge on any atom is -0.447 e. The van der Waals surface area contributed by atoms with Crippen LogP contribution in [0.4, 0.5) is 4.79 Å². The lowest BCUT2D eigenvalue weighted by Crippen LogP contribution is -2.50. The topological polar surface area (TPSA) is 46.6 Å². The fourth-order valence-electron chi connectivity index (χ4n) is 3.78. The van der Waals surface area contributed by atoms with E-state index in [9.17, 15) is 9.59 Å². The first-order valence-electron chi connectivity index (χ1n) is 7.12. The molecule has 4 atom stereocenters. The van der Waals surface area contributed by atoms with E-state index in [1.807, 2.05) is 20.8 Å². The minimum atomic E-state index is -0.461. The average Bonchev–Trinajstić information content (AvgIpc) is 3.01. The molecule has 0 aromatic rings. The maximum absolute atomic E-state index is 12.9. The van der Waals surface area contributed by atoms with Gasteiger partial charge >= 0.3 is 6.09 Å². The van der Waals surface area contributed by atoms with Gasteiger partial charge in [0.25, 0.3) is 0 Å². The SMILES string of the molecule is CC(C)[C@H]1COC(=O)N1C(=O)[C@]1(C)C[C@@H]2C=C[C@H]1C2. The summed E-state index contributed by atoms with van der Waals surface area (Å²) in [6, 6.07) is -0.111. The molecule has 2 bridgehead atoms. The van der Waals surface area contributed by atoms with E-state index in [0.29, 0.717) is 12.5 Å². The first-order valence-corrected chi connectivity index (χ1v) is 7.12. The molecular weight excluding hydrogens is 242 g/mol. The zero-order valence-corrected chi connectivity index (χ0v) is 11.8. The van der Waals surface area contributed by atoms with Gasteiger partial charge in [-0.15, -0.1) is 0 Å². The fraction of sp³-hybridized carbons (Fsp3) is 0.733. The number of hydrogen-bond acceptors (Lipinski definition) is 3. The van der Waals surface area contributed by atoms with Crippen LogP contribution in [-0.2, 0) is 9.53 Å². The van der Waals surface area contributed by atoms with Crippen LogP contribution in [0.25, 0.3) is 0 Å². The molecule has 1 saturated heterocycles. The van der Waals surface area contributed by atoms with Gasteiger partial charge < -0.3 is 4.74 Å². The van der Waals surface area contributed by atoms with E-state index in [1.165, 1.54) is 4.90 Å². The van der Waals surface area contributed by atoms with E-state index in [4.69, 9.17) is 4.74 Å². The van der Waals surface area contributed by atoms with Crippen molar-refractivity contribution in [1.82, 2.24) is 4.90 Å². The van der Waals surface area contributed by atoms with Gasteiger partial charge in [0.1, 0.15) is 6.61 Å². The van der Waals surface area contributed by atoms with Crippen LogP contribution in [0.2, 0.25) is 0 Å². The molecule has 4 nitrogen and oxygen atoms in total. The number of amides is 2. The van der Waals surface area contributed by atoms with Crippen LogP contribution in [0.3, 0.4) is 0 Å². The molecule has 0 aromatic carbocycles. The number of ether oxygens (including phenoxy) is 1. The number of rotatable bonds is 2. The van der Waals surface area contributed by atoms with Crippen LogP contribution in [0.1, 0.15) is 33.6 Å². The zero-order valence-electron chi connectivity index (χ0n) is 11.8. The highest BCUT2D eigenvalue weighted by molar-refractivity contribution is 5.97. The number of hydrogen-bond donors (Lipinski definition) is 0. The Morgan fingerprint density at radius 1 is 1.47 bits per heavy atom. The Balaban J connectivity index is 1.87. The second-order valence-corrected chi connectivity index (χ2v) is 6.67.